The van der Waals surface area contributed by atoms with Gasteiger partial charge in [-0.05, 0) is 45.9 Å². The summed E-state index contributed by atoms with van der Waals surface area (Å²) in [5.41, 5.74) is 14.4. The van der Waals surface area contributed by atoms with E-state index in [2.05, 4.69) is 173 Å². The zero-order valence-corrected chi connectivity index (χ0v) is 39.0. The summed E-state index contributed by atoms with van der Waals surface area (Å²) in [5.74, 6) is 0. The Bertz CT molecular complexity index is 1800. The molecule has 0 fully saturated rings. The van der Waals surface area contributed by atoms with Crippen LogP contribution in [0.25, 0.3) is 43.8 Å². The predicted octanol–water partition coefficient (Wildman–Crippen LogP) is 14.9. The van der Waals surface area contributed by atoms with Gasteiger partial charge in [0.25, 0.3) is 0 Å². The fourth-order valence-electron chi connectivity index (χ4n) is 7.33. The number of halogens is 2. The van der Waals surface area contributed by atoms with Crippen molar-refractivity contribution in [3.05, 3.63) is 145 Å². The van der Waals surface area contributed by atoms with E-state index in [4.69, 9.17) is 0 Å². The molecule has 0 atom stereocenters. The number of hydrogen-bond donors (Lipinski definition) is 0. The molecule has 0 aliphatic heterocycles. The van der Waals surface area contributed by atoms with Gasteiger partial charge in [0.05, 0.1) is 0 Å². The molecule has 0 aliphatic rings. The molecule has 6 aromatic rings. The summed E-state index contributed by atoms with van der Waals surface area (Å²) in [6.07, 6.45) is 4.72. The molecule has 0 aliphatic carbocycles. The Labute approximate surface area is 347 Å². The van der Waals surface area contributed by atoms with Crippen molar-refractivity contribution in [1.82, 2.24) is 0 Å². The molecular weight excluding hydrogens is 767 g/mol. The molecule has 0 unspecified atom stereocenters. The van der Waals surface area contributed by atoms with Crippen molar-refractivity contribution in [2.45, 2.75) is 106 Å². The summed E-state index contributed by atoms with van der Waals surface area (Å²) in [6.45, 7) is 25.9. The summed E-state index contributed by atoms with van der Waals surface area (Å²) in [5, 5.41) is 5.56. The molecule has 0 saturated carbocycles. The normalized spacial score (nSPS) is 10.7. The first-order chi connectivity index (χ1) is 22.8. The molecule has 4 heteroatoms. The molecule has 0 nitrogen and oxygen atoms in total. The molecule has 0 amide bonds. The van der Waals surface area contributed by atoms with Gasteiger partial charge in [-0.3, -0.25) is 0 Å². The maximum absolute atomic E-state index is 3.06. The van der Waals surface area contributed by atoms with Crippen LogP contribution in [-0.4, -0.2) is 6.88 Å². The van der Waals surface area contributed by atoms with Crippen LogP contribution in [0.4, 0.5) is 0 Å². The second kappa shape index (κ2) is 21.6. The zero-order chi connectivity index (χ0) is 35.2. The second-order valence-corrected chi connectivity index (χ2v) is 15.3. The first-order valence-electron chi connectivity index (χ1n) is 17.7. The van der Waals surface area contributed by atoms with Crippen molar-refractivity contribution < 1.29 is 23.3 Å². The molecule has 0 bridgehead atoms. The van der Waals surface area contributed by atoms with Crippen molar-refractivity contribution in [1.29, 1.82) is 0 Å². The maximum atomic E-state index is 3.06. The molecule has 0 heterocycles. The first kappa shape index (κ1) is 49.8. The second-order valence-electron chi connectivity index (χ2n) is 15.3. The van der Waals surface area contributed by atoms with Gasteiger partial charge in [-0.2, -0.15) is 11.1 Å². The molecule has 0 spiro atoms. The SMILES string of the molecule is CCCc1ccc(-c2cccc3[cH-]c(C(C)(C)C)c(C)c23)cc1.CCCc1ccc(-c2cccc3[cH-]c(C(C)(C)C)c(C)c23)cc1.Cl.Cl.[CH3-].[CH3-].[Si]=[Zr]. The van der Waals surface area contributed by atoms with Gasteiger partial charge in [0.1, 0.15) is 0 Å². The van der Waals surface area contributed by atoms with Crippen LogP contribution in [0.1, 0.15) is 102 Å². The molecule has 0 aromatic heterocycles. The van der Waals surface area contributed by atoms with Crippen molar-refractivity contribution in [2.75, 3.05) is 0 Å². The van der Waals surface area contributed by atoms with Gasteiger partial charge in [0, 0.05) is 0 Å². The summed E-state index contributed by atoms with van der Waals surface area (Å²) < 4.78 is 0. The number of benzene rings is 4. The fraction of sp³-hybridized carbons (Fsp3) is 0.333. The Balaban J connectivity index is 0.000000890. The molecule has 6 aromatic carbocycles. The molecule has 52 heavy (non-hydrogen) atoms. The van der Waals surface area contributed by atoms with Crippen LogP contribution in [0.15, 0.2) is 97.1 Å². The van der Waals surface area contributed by atoms with Gasteiger partial charge in [-0.1, -0.05) is 154 Å². The van der Waals surface area contributed by atoms with Crippen LogP contribution in [0.3, 0.4) is 0 Å². The summed E-state index contributed by atoms with van der Waals surface area (Å²) >= 11 is 1.36. The molecular formula is C48H62Cl2SiZr-4. The summed E-state index contributed by atoms with van der Waals surface area (Å²) in [6, 6.07) is 36.4. The molecule has 0 saturated heterocycles. The van der Waals surface area contributed by atoms with E-state index in [1.165, 1.54) is 113 Å². The van der Waals surface area contributed by atoms with Gasteiger partial charge in [-0.25, -0.2) is 0 Å². The van der Waals surface area contributed by atoms with E-state index >= 15 is 0 Å². The fourth-order valence-corrected chi connectivity index (χ4v) is 7.33. The third-order valence-electron chi connectivity index (χ3n) is 9.57. The van der Waals surface area contributed by atoms with E-state index < -0.39 is 0 Å². The van der Waals surface area contributed by atoms with Gasteiger partial charge in [-0.15, -0.1) is 93.9 Å². The molecule has 6 rings (SSSR count). The van der Waals surface area contributed by atoms with Crippen LogP contribution in [-0.2, 0) is 47.0 Å². The average Bonchev–Trinajstić information content (AvgIpc) is 3.61. The molecule has 280 valence electrons. The predicted molar refractivity (Wildman–Crippen MR) is 238 cm³/mol. The first-order valence-corrected chi connectivity index (χ1v) is 21.8. The van der Waals surface area contributed by atoms with E-state index in [1.807, 2.05) is 0 Å². The average molecular weight is 829 g/mol. The van der Waals surface area contributed by atoms with Crippen LogP contribution in [0.5, 0.6) is 0 Å². The van der Waals surface area contributed by atoms with Gasteiger partial charge < -0.3 is 14.9 Å². The Morgan fingerprint density at radius 2 is 0.827 bits per heavy atom. The minimum absolute atomic E-state index is 0. The standard InChI is InChI=1S/2C23H27.2CH3.2ClH.Si.Zr/c2*1-6-8-17-11-13-18(14-12-17)20-10-7-9-19-15-21(23(3,4)5)16(2)22(19)20;;;;;;/h2*7,9-15H,6,8H2,1-5H3;2*1H3;2*1H;;/q4*-1;;;;. The zero-order valence-electron chi connectivity index (χ0n) is 33.9. The molecule has 2 radical (unpaired) electrons. The van der Waals surface area contributed by atoms with E-state index in [1.54, 1.807) is 0 Å². The Morgan fingerprint density at radius 1 is 0.519 bits per heavy atom. The van der Waals surface area contributed by atoms with Crippen molar-refractivity contribution in [3.63, 3.8) is 0 Å². The minimum atomic E-state index is 0. The van der Waals surface area contributed by atoms with Crippen LogP contribution in [0, 0.1) is 28.7 Å². The monoisotopic (exact) mass is 826 g/mol. The van der Waals surface area contributed by atoms with Gasteiger partial charge >= 0.3 is 30.2 Å². The quantitative estimate of drug-likeness (QED) is 0.116. The third-order valence-corrected chi connectivity index (χ3v) is 9.57. The number of aryl methyl sites for hydroxylation is 4. The van der Waals surface area contributed by atoms with Crippen LogP contribution < -0.4 is 0 Å². The Kier molecular flexibility index (Phi) is 20.7. The van der Waals surface area contributed by atoms with Crippen molar-refractivity contribution >= 4 is 53.2 Å². The van der Waals surface area contributed by atoms with Crippen LogP contribution in [0.2, 0.25) is 0 Å². The third kappa shape index (κ3) is 11.4. The van der Waals surface area contributed by atoms with E-state index in [0.717, 1.165) is 12.8 Å². The summed E-state index contributed by atoms with van der Waals surface area (Å²) in [4.78, 5) is 0. The number of hydrogen-bond acceptors (Lipinski definition) is 0. The van der Waals surface area contributed by atoms with Gasteiger partial charge in [0.2, 0.25) is 0 Å². The van der Waals surface area contributed by atoms with E-state index in [9.17, 15) is 0 Å². The topological polar surface area (TPSA) is 0 Å². The number of rotatable bonds is 6. The molecule has 0 N–H and O–H groups in total. The van der Waals surface area contributed by atoms with Crippen LogP contribution >= 0.6 is 24.8 Å². The Hall–Kier alpha value is -2.22. The summed E-state index contributed by atoms with van der Waals surface area (Å²) in [7, 11) is 0. The number of fused-ring (bicyclic) bond motifs is 2. The van der Waals surface area contributed by atoms with E-state index in [-0.39, 0.29) is 50.5 Å². The van der Waals surface area contributed by atoms with E-state index in [0.29, 0.717) is 0 Å². The van der Waals surface area contributed by atoms with Gasteiger partial charge in [0.15, 0.2) is 0 Å². The Morgan fingerprint density at radius 3 is 1.10 bits per heavy atom. The van der Waals surface area contributed by atoms with Crippen molar-refractivity contribution in [2.24, 2.45) is 0 Å². The van der Waals surface area contributed by atoms with Crippen molar-refractivity contribution in [3.8, 4) is 22.3 Å².